The van der Waals surface area contributed by atoms with Crippen LogP contribution in [-0.4, -0.2) is 88.4 Å². The number of methoxy groups -OCH3 is 1. The van der Waals surface area contributed by atoms with Crippen LogP contribution in [0.3, 0.4) is 0 Å². The molecule has 43 heavy (non-hydrogen) atoms. The average Bonchev–Trinajstić information content (AvgIpc) is 3.52. The maximum Gasteiger partial charge on any atom is 0.339 e. The Kier molecular flexibility index (Phi) is 10.4. The summed E-state index contributed by atoms with van der Waals surface area (Å²) in [6.45, 7) is 0.814. The first-order chi connectivity index (χ1) is 20.6. The number of ether oxygens (including phenoxy) is 2. The van der Waals surface area contributed by atoms with Crippen molar-refractivity contribution in [2.75, 3.05) is 33.4 Å². The molecule has 0 amide bonds. The number of amidine groups is 1. The third-order valence-electron chi connectivity index (χ3n) is 6.44. The van der Waals surface area contributed by atoms with Gasteiger partial charge in [-0.3, -0.25) is 14.7 Å². The number of carbonyl (C=O) groups is 3. The highest BCUT2D eigenvalue weighted by atomic mass is 35.5. The Morgan fingerprint density at radius 2 is 2.00 bits per heavy atom. The molecule has 0 radical (unpaired) electrons. The molecule has 5 rings (SSSR count). The van der Waals surface area contributed by atoms with Gasteiger partial charge < -0.3 is 30.1 Å². The highest BCUT2D eigenvalue weighted by Gasteiger charge is 2.37. The standard InChI is InChI=1S/C21H20ClFN4O5S.C7H6O3/c1-31-21(30)16-14(9-27-5-6-32-10-15(27)20(28)29)25-18(19-24-4-7-33-19)26-17(16)12-3-2-11(23)8-13(12)22;8-6-4-2-1-3-5(6)7(9)10/h2-4,7-8,15,17H,5-6,9-10H2,1H3,(H,25,26)(H,28,29);1-4,8H,(H,9,10). The van der Waals surface area contributed by atoms with Crippen molar-refractivity contribution >= 4 is 46.7 Å². The van der Waals surface area contributed by atoms with Gasteiger partial charge in [0.1, 0.15) is 29.2 Å². The minimum absolute atomic E-state index is 0.0246. The van der Waals surface area contributed by atoms with Gasteiger partial charge in [0.25, 0.3) is 0 Å². The molecule has 1 fully saturated rings. The number of aliphatic carboxylic acids is 1. The first kappa shape index (κ1) is 31.6. The van der Waals surface area contributed by atoms with E-state index in [2.05, 4.69) is 15.3 Å². The number of aliphatic imine (C=N–C) groups is 1. The topological polar surface area (TPSA) is 171 Å². The van der Waals surface area contributed by atoms with E-state index in [0.717, 1.165) is 6.07 Å². The van der Waals surface area contributed by atoms with Gasteiger partial charge in [-0.05, 0) is 24.3 Å². The molecule has 3 heterocycles. The molecule has 2 atom stereocenters. The summed E-state index contributed by atoms with van der Waals surface area (Å²) < 4.78 is 24.1. The summed E-state index contributed by atoms with van der Waals surface area (Å²) in [4.78, 5) is 45.6. The molecule has 0 spiro atoms. The zero-order valence-electron chi connectivity index (χ0n) is 22.6. The van der Waals surface area contributed by atoms with Crippen LogP contribution in [0.1, 0.15) is 27.0 Å². The summed E-state index contributed by atoms with van der Waals surface area (Å²) in [6, 6.07) is 7.86. The van der Waals surface area contributed by atoms with E-state index in [1.165, 1.54) is 42.7 Å². The maximum atomic E-state index is 13.7. The van der Waals surface area contributed by atoms with Gasteiger partial charge in [0, 0.05) is 40.9 Å². The molecule has 15 heteroatoms. The van der Waals surface area contributed by atoms with E-state index in [9.17, 15) is 23.9 Å². The van der Waals surface area contributed by atoms with Crippen molar-refractivity contribution < 1.29 is 43.6 Å². The average molecular weight is 633 g/mol. The van der Waals surface area contributed by atoms with Crippen LogP contribution < -0.4 is 5.32 Å². The van der Waals surface area contributed by atoms with Crippen LogP contribution >= 0.6 is 22.9 Å². The zero-order chi connectivity index (χ0) is 31.1. The number of carboxylic acid groups (broad SMARTS) is 2. The van der Waals surface area contributed by atoms with E-state index in [-0.39, 0.29) is 35.1 Å². The van der Waals surface area contributed by atoms with Crippen molar-refractivity contribution in [1.29, 1.82) is 0 Å². The number of hydrogen-bond acceptors (Lipinski definition) is 11. The summed E-state index contributed by atoms with van der Waals surface area (Å²) in [7, 11) is 1.24. The molecule has 2 aromatic carbocycles. The highest BCUT2D eigenvalue weighted by Crippen LogP contribution is 2.37. The summed E-state index contributed by atoms with van der Waals surface area (Å²) in [5.74, 6) is -3.14. The van der Waals surface area contributed by atoms with E-state index >= 15 is 0 Å². The van der Waals surface area contributed by atoms with Gasteiger partial charge >= 0.3 is 17.9 Å². The summed E-state index contributed by atoms with van der Waals surface area (Å²) in [5.41, 5.74) is 0.897. The molecule has 0 saturated carbocycles. The van der Waals surface area contributed by atoms with Gasteiger partial charge in [-0.25, -0.2) is 19.0 Å². The second kappa shape index (κ2) is 14.2. The van der Waals surface area contributed by atoms with Crippen LogP contribution in [0, 0.1) is 5.82 Å². The van der Waals surface area contributed by atoms with E-state index in [1.807, 2.05) is 0 Å². The van der Waals surface area contributed by atoms with E-state index in [0.29, 0.717) is 35.3 Å². The number of aromatic hydroxyl groups is 1. The fourth-order valence-electron chi connectivity index (χ4n) is 4.38. The van der Waals surface area contributed by atoms with Crippen LogP contribution in [0.4, 0.5) is 4.39 Å². The van der Waals surface area contributed by atoms with Crippen LogP contribution in [0.2, 0.25) is 5.02 Å². The normalized spacial score (nSPS) is 18.5. The van der Waals surface area contributed by atoms with Gasteiger partial charge in [-0.1, -0.05) is 29.8 Å². The number of morpholine rings is 1. The Bertz CT molecular complexity index is 1570. The molecule has 12 nitrogen and oxygen atoms in total. The molecule has 226 valence electrons. The zero-order valence-corrected chi connectivity index (χ0v) is 24.1. The molecule has 0 aliphatic carbocycles. The Morgan fingerprint density at radius 1 is 1.23 bits per heavy atom. The molecule has 3 aromatic rings. The van der Waals surface area contributed by atoms with Gasteiger partial charge in [-0.15, -0.1) is 11.3 Å². The van der Waals surface area contributed by atoms with Crippen molar-refractivity contribution in [3.05, 3.63) is 92.3 Å². The van der Waals surface area contributed by atoms with Crippen LogP contribution in [0.15, 0.2) is 70.3 Å². The second-order valence-corrected chi connectivity index (χ2v) is 10.4. The maximum absolute atomic E-state index is 13.7. The highest BCUT2D eigenvalue weighted by molar-refractivity contribution is 7.11. The lowest BCUT2D eigenvalue weighted by atomic mass is 9.95. The van der Waals surface area contributed by atoms with Gasteiger partial charge in [0.05, 0.1) is 25.9 Å². The third-order valence-corrected chi connectivity index (χ3v) is 7.55. The van der Waals surface area contributed by atoms with E-state index < -0.39 is 35.8 Å². The molecular formula is C28H26ClFN4O8S. The quantitative estimate of drug-likeness (QED) is 0.282. The first-order valence-electron chi connectivity index (χ1n) is 12.7. The third kappa shape index (κ3) is 7.53. The van der Waals surface area contributed by atoms with Crippen molar-refractivity contribution in [3.8, 4) is 5.75 Å². The number of thiazole rings is 1. The molecule has 1 saturated heterocycles. The number of phenols is 1. The molecule has 2 unspecified atom stereocenters. The lowest BCUT2D eigenvalue weighted by Gasteiger charge is -2.35. The summed E-state index contributed by atoms with van der Waals surface area (Å²) in [6.07, 6.45) is 1.62. The SMILES string of the molecule is COC(=O)C1=C(CN2CCOCC2C(=O)O)NC(c2nccs2)=NC1c1ccc(F)cc1Cl.O=C(O)c1ccccc1O. The van der Waals surface area contributed by atoms with Gasteiger partial charge in [0.2, 0.25) is 0 Å². The fourth-order valence-corrected chi connectivity index (χ4v) is 5.24. The minimum atomic E-state index is -1.11. The number of rotatable bonds is 7. The van der Waals surface area contributed by atoms with Gasteiger partial charge in [0.15, 0.2) is 10.8 Å². The molecular weight excluding hydrogens is 607 g/mol. The first-order valence-corrected chi connectivity index (χ1v) is 13.9. The Labute approximate surface area is 253 Å². The number of hydrogen-bond donors (Lipinski definition) is 4. The van der Waals surface area contributed by atoms with E-state index in [1.54, 1.807) is 28.6 Å². The number of nitrogens with zero attached hydrogens (tertiary/aromatic N) is 3. The lowest BCUT2D eigenvalue weighted by molar-refractivity contribution is -0.149. The number of carboxylic acids is 2. The number of halogens is 2. The number of para-hydroxylation sites is 1. The predicted octanol–water partition coefficient (Wildman–Crippen LogP) is 3.33. The Balaban J connectivity index is 0.000000359. The number of nitrogens with one attached hydrogen (secondary N) is 1. The monoisotopic (exact) mass is 632 g/mol. The Hall–Kier alpha value is -4.37. The summed E-state index contributed by atoms with van der Waals surface area (Å²) in [5, 5.41) is 32.5. The molecule has 1 aromatic heterocycles. The van der Waals surface area contributed by atoms with Crippen LogP contribution in [-0.2, 0) is 19.1 Å². The Morgan fingerprint density at radius 3 is 2.60 bits per heavy atom. The van der Waals surface area contributed by atoms with Crippen LogP contribution in [0.5, 0.6) is 5.75 Å². The largest absolute Gasteiger partial charge is 0.507 e. The number of carbonyl (C=O) groups excluding carboxylic acids is 1. The molecule has 2 aliphatic heterocycles. The van der Waals surface area contributed by atoms with Gasteiger partial charge in [-0.2, -0.15) is 0 Å². The lowest BCUT2D eigenvalue weighted by Crippen LogP contribution is -2.52. The minimum Gasteiger partial charge on any atom is -0.507 e. The number of esters is 1. The number of aromatic nitrogens is 1. The second-order valence-electron chi connectivity index (χ2n) is 9.11. The number of benzene rings is 2. The van der Waals surface area contributed by atoms with E-state index in [4.69, 9.17) is 31.3 Å². The van der Waals surface area contributed by atoms with Crippen molar-refractivity contribution in [1.82, 2.24) is 15.2 Å². The van der Waals surface area contributed by atoms with Crippen molar-refractivity contribution in [2.24, 2.45) is 4.99 Å². The molecule has 4 N–H and O–H groups in total. The number of aromatic carboxylic acids is 1. The van der Waals surface area contributed by atoms with Crippen LogP contribution in [0.25, 0.3) is 0 Å². The summed E-state index contributed by atoms with van der Waals surface area (Å²) >= 11 is 7.67. The van der Waals surface area contributed by atoms with Crippen molar-refractivity contribution in [3.63, 3.8) is 0 Å². The fraction of sp³-hybridized carbons (Fsp3) is 0.250. The molecule has 2 aliphatic rings. The smallest absolute Gasteiger partial charge is 0.339 e. The molecule has 0 bridgehead atoms. The predicted molar refractivity (Wildman–Crippen MR) is 154 cm³/mol. The van der Waals surface area contributed by atoms with Crippen molar-refractivity contribution in [2.45, 2.75) is 12.1 Å².